The Morgan fingerprint density at radius 2 is 1.96 bits per heavy atom. The first-order chi connectivity index (χ1) is 13.6. The van der Waals surface area contributed by atoms with Gasteiger partial charge in [-0.2, -0.15) is 0 Å². The minimum Gasteiger partial charge on any atom is -0.349 e. The van der Waals surface area contributed by atoms with E-state index < -0.39 is 5.91 Å². The molecule has 0 bridgehead atoms. The molecule has 6 nitrogen and oxygen atoms in total. The standard InChI is InChI=1S/C21H17ClN4O2/c22-16-12-23-20(13-5-2-1-3-6-13)26-19(16)21(28)24-15-8-4-7-14(11-15)17-9-10-18(27)25-17/h1-8,11-12,17H,9-10H2,(H,24,28)(H,25,27). The molecule has 0 spiro atoms. The van der Waals surface area contributed by atoms with E-state index in [2.05, 4.69) is 20.6 Å². The van der Waals surface area contributed by atoms with Gasteiger partial charge in [-0.1, -0.05) is 54.1 Å². The van der Waals surface area contributed by atoms with Gasteiger partial charge in [-0.25, -0.2) is 9.97 Å². The first kappa shape index (κ1) is 18.1. The summed E-state index contributed by atoms with van der Waals surface area (Å²) in [7, 11) is 0. The lowest BCUT2D eigenvalue weighted by Crippen LogP contribution is -2.19. The first-order valence-electron chi connectivity index (χ1n) is 8.89. The molecule has 0 aliphatic carbocycles. The third kappa shape index (κ3) is 3.87. The van der Waals surface area contributed by atoms with E-state index in [4.69, 9.17) is 11.6 Å². The number of anilines is 1. The summed E-state index contributed by atoms with van der Waals surface area (Å²) in [5.41, 5.74) is 2.46. The molecule has 1 aliphatic rings. The van der Waals surface area contributed by atoms with Crippen LogP contribution in [0.15, 0.2) is 60.8 Å². The topological polar surface area (TPSA) is 84.0 Å². The minimum atomic E-state index is -0.419. The predicted octanol–water partition coefficient (Wildman–Crippen LogP) is 4.00. The molecule has 1 saturated heterocycles. The first-order valence-corrected chi connectivity index (χ1v) is 9.26. The Balaban J connectivity index is 1.56. The zero-order valence-corrected chi connectivity index (χ0v) is 15.6. The summed E-state index contributed by atoms with van der Waals surface area (Å²) in [5, 5.41) is 5.93. The second-order valence-electron chi connectivity index (χ2n) is 6.49. The van der Waals surface area contributed by atoms with Gasteiger partial charge in [0, 0.05) is 17.7 Å². The Kier molecular flexibility index (Phi) is 5.04. The van der Waals surface area contributed by atoms with Gasteiger partial charge in [0.25, 0.3) is 5.91 Å². The van der Waals surface area contributed by atoms with Crippen LogP contribution in [0.2, 0.25) is 5.02 Å². The fourth-order valence-corrected chi connectivity index (χ4v) is 3.32. The van der Waals surface area contributed by atoms with Gasteiger partial charge in [-0.05, 0) is 24.1 Å². The minimum absolute atomic E-state index is 0.0309. The highest BCUT2D eigenvalue weighted by Crippen LogP contribution is 2.26. The van der Waals surface area contributed by atoms with Gasteiger partial charge in [0.1, 0.15) is 0 Å². The van der Waals surface area contributed by atoms with Gasteiger partial charge in [0.05, 0.1) is 17.3 Å². The van der Waals surface area contributed by atoms with Gasteiger partial charge in [-0.15, -0.1) is 0 Å². The maximum atomic E-state index is 12.7. The molecule has 0 radical (unpaired) electrons. The van der Waals surface area contributed by atoms with Crippen LogP contribution < -0.4 is 10.6 Å². The Morgan fingerprint density at radius 1 is 1.14 bits per heavy atom. The highest BCUT2D eigenvalue weighted by atomic mass is 35.5. The van der Waals surface area contributed by atoms with Crippen LogP contribution in [0.4, 0.5) is 5.69 Å². The second-order valence-corrected chi connectivity index (χ2v) is 6.90. The summed E-state index contributed by atoms with van der Waals surface area (Å²) in [5.74, 6) is 0.0513. The van der Waals surface area contributed by atoms with Crippen molar-refractivity contribution in [1.29, 1.82) is 0 Å². The van der Waals surface area contributed by atoms with Crippen molar-refractivity contribution in [1.82, 2.24) is 15.3 Å². The van der Waals surface area contributed by atoms with Crippen LogP contribution in [0, 0.1) is 0 Å². The number of carbonyl (C=O) groups is 2. The second kappa shape index (κ2) is 7.78. The molecule has 2 amide bonds. The van der Waals surface area contributed by atoms with Gasteiger partial charge >= 0.3 is 0 Å². The normalized spacial score (nSPS) is 15.9. The molecular formula is C21H17ClN4O2. The van der Waals surface area contributed by atoms with Crippen molar-refractivity contribution >= 4 is 29.1 Å². The molecule has 1 aliphatic heterocycles. The molecule has 2 heterocycles. The lowest BCUT2D eigenvalue weighted by molar-refractivity contribution is -0.119. The Hall–Kier alpha value is -3.25. The smallest absolute Gasteiger partial charge is 0.275 e. The van der Waals surface area contributed by atoms with E-state index in [1.807, 2.05) is 48.5 Å². The molecule has 1 atom stereocenters. The average molecular weight is 393 g/mol. The SMILES string of the molecule is O=C1CCC(c2cccc(NC(=O)c3nc(-c4ccccc4)ncc3Cl)c2)N1. The highest BCUT2D eigenvalue weighted by molar-refractivity contribution is 6.34. The number of benzene rings is 2. The highest BCUT2D eigenvalue weighted by Gasteiger charge is 2.22. The van der Waals surface area contributed by atoms with Crippen LogP contribution >= 0.6 is 11.6 Å². The molecule has 2 N–H and O–H groups in total. The van der Waals surface area contributed by atoms with Crippen molar-refractivity contribution < 1.29 is 9.59 Å². The number of amides is 2. The van der Waals surface area contributed by atoms with E-state index >= 15 is 0 Å². The number of nitrogens with one attached hydrogen (secondary N) is 2. The van der Waals surface area contributed by atoms with Crippen molar-refractivity contribution in [3.05, 3.63) is 77.1 Å². The van der Waals surface area contributed by atoms with Crippen molar-refractivity contribution in [3.63, 3.8) is 0 Å². The van der Waals surface area contributed by atoms with E-state index in [0.717, 1.165) is 17.5 Å². The molecule has 1 aromatic heterocycles. The Labute approximate surface area is 167 Å². The molecule has 4 rings (SSSR count). The number of hydrogen-bond acceptors (Lipinski definition) is 4. The zero-order chi connectivity index (χ0) is 19.5. The zero-order valence-electron chi connectivity index (χ0n) is 14.9. The molecule has 7 heteroatoms. The predicted molar refractivity (Wildman–Crippen MR) is 107 cm³/mol. The van der Waals surface area contributed by atoms with Crippen molar-refractivity contribution in [2.45, 2.75) is 18.9 Å². The van der Waals surface area contributed by atoms with Crippen LogP contribution in [0.5, 0.6) is 0 Å². The number of hydrogen-bond donors (Lipinski definition) is 2. The fourth-order valence-electron chi connectivity index (χ4n) is 3.14. The number of aromatic nitrogens is 2. The van der Waals surface area contributed by atoms with Gasteiger partial charge in [0.15, 0.2) is 11.5 Å². The van der Waals surface area contributed by atoms with Gasteiger partial charge < -0.3 is 10.6 Å². The van der Waals surface area contributed by atoms with E-state index in [0.29, 0.717) is 17.9 Å². The third-order valence-electron chi connectivity index (χ3n) is 4.53. The maximum Gasteiger partial charge on any atom is 0.275 e. The summed E-state index contributed by atoms with van der Waals surface area (Å²) in [6, 6.07) is 16.7. The average Bonchev–Trinajstić information content (AvgIpc) is 3.15. The lowest BCUT2D eigenvalue weighted by Gasteiger charge is -2.13. The fraction of sp³-hybridized carbons (Fsp3) is 0.143. The van der Waals surface area contributed by atoms with Crippen molar-refractivity contribution in [2.24, 2.45) is 0 Å². The quantitative estimate of drug-likeness (QED) is 0.702. The van der Waals surface area contributed by atoms with Gasteiger partial charge in [0.2, 0.25) is 5.91 Å². The largest absolute Gasteiger partial charge is 0.349 e. The summed E-state index contributed by atoms with van der Waals surface area (Å²) in [4.78, 5) is 32.7. The monoisotopic (exact) mass is 392 g/mol. The number of nitrogens with zero attached hydrogens (tertiary/aromatic N) is 2. The van der Waals surface area contributed by atoms with Crippen molar-refractivity contribution in [2.75, 3.05) is 5.32 Å². The molecule has 0 saturated carbocycles. The number of carbonyl (C=O) groups excluding carboxylic acids is 2. The molecule has 2 aromatic carbocycles. The Bertz CT molecular complexity index is 1040. The molecule has 1 fully saturated rings. The molecular weight excluding hydrogens is 376 g/mol. The van der Waals surface area contributed by atoms with Crippen molar-refractivity contribution in [3.8, 4) is 11.4 Å². The third-order valence-corrected chi connectivity index (χ3v) is 4.81. The summed E-state index contributed by atoms with van der Waals surface area (Å²) in [6.45, 7) is 0. The van der Waals surface area contributed by atoms with E-state index in [9.17, 15) is 9.59 Å². The molecule has 3 aromatic rings. The van der Waals surface area contributed by atoms with Crippen LogP contribution in [-0.4, -0.2) is 21.8 Å². The lowest BCUT2D eigenvalue weighted by atomic mass is 10.0. The van der Waals surface area contributed by atoms with Crippen LogP contribution in [-0.2, 0) is 4.79 Å². The van der Waals surface area contributed by atoms with E-state index in [-0.39, 0.29) is 22.7 Å². The maximum absolute atomic E-state index is 12.7. The summed E-state index contributed by atoms with van der Waals surface area (Å²) >= 11 is 6.16. The molecule has 140 valence electrons. The van der Waals surface area contributed by atoms with Crippen LogP contribution in [0.25, 0.3) is 11.4 Å². The summed E-state index contributed by atoms with van der Waals surface area (Å²) in [6.07, 6.45) is 2.69. The summed E-state index contributed by atoms with van der Waals surface area (Å²) < 4.78 is 0. The van der Waals surface area contributed by atoms with Gasteiger partial charge in [-0.3, -0.25) is 9.59 Å². The van der Waals surface area contributed by atoms with E-state index in [1.54, 1.807) is 6.07 Å². The number of halogens is 1. The van der Waals surface area contributed by atoms with E-state index in [1.165, 1.54) is 6.20 Å². The molecule has 28 heavy (non-hydrogen) atoms. The number of rotatable bonds is 4. The Morgan fingerprint density at radius 3 is 2.71 bits per heavy atom. The van der Waals surface area contributed by atoms with Crippen LogP contribution in [0.3, 0.4) is 0 Å². The molecule has 1 unspecified atom stereocenters. The van der Waals surface area contributed by atoms with Crippen LogP contribution in [0.1, 0.15) is 34.9 Å².